The molecular weight excluding hydrogens is 440 g/mol. The maximum absolute atomic E-state index is 13.7. The van der Waals surface area contributed by atoms with E-state index in [1.54, 1.807) is 0 Å². The van der Waals surface area contributed by atoms with Crippen molar-refractivity contribution in [3.05, 3.63) is 0 Å². The third kappa shape index (κ3) is 4.04. The van der Waals surface area contributed by atoms with Gasteiger partial charge in [-0.25, -0.2) is 0 Å². The first-order valence-electron chi connectivity index (χ1n) is 6.74. The fraction of sp³-hybridized carbons (Fsp3) is 0.917. The Morgan fingerprint density at radius 3 is 1.52 bits per heavy atom. The minimum atomic E-state index is -7.71. The van der Waals surface area contributed by atoms with Crippen LogP contribution in [-0.2, 0) is 9.53 Å². The van der Waals surface area contributed by atoms with Crippen molar-refractivity contribution in [1.29, 1.82) is 0 Å². The molecule has 0 N–H and O–H groups in total. The van der Waals surface area contributed by atoms with Crippen molar-refractivity contribution in [2.75, 3.05) is 6.61 Å². The van der Waals surface area contributed by atoms with Crippen molar-refractivity contribution in [1.82, 2.24) is 0 Å². The molecule has 0 fully saturated rings. The molecule has 0 bridgehead atoms. The van der Waals surface area contributed by atoms with Gasteiger partial charge in [-0.05, 0) is 18.5 Å². The predicted octanol–water partition coefficient (Wildman–Crippen LogP) is 5.58. The Balaban J connectivity index is 6.11. The van der Waals surface area contributed by atoms with E-state index in [1.807, 2.05) is 0 Å². The molecule has 0 aliphatic heterocycles. The molecule has 27 heavy (non-hydrogen) atoms. The lowest BCUT2D eigenvalue weighted by atomic mass is 9.87. The molecule has 0 aliphatic rings. The van der Waals surface area contributed by atoms with Gasteiger partial charge in [0.2, 0.25) is 0 Å². The van der Waals surface area contributed by atoms with E-state index in [0.717, 1.165) is 6.92 Å². The van der Waals surface area contributed by atoms with Gasteiger partial charge in [-0.2, -0.15) is 52.7 Å². The quantitative estimate of drug-likeness (QED) is 0.260. The van der Waals surface area contributed by atoms with Gasteiger partial charge in [-0.3, -0.25) is 4.79 Å². The van der Waals surface area contributed by atoms with Gasteiger partial charge in [-0.15, -0.1) is 0 Å². The monoisotopic (exact) mass is 450 g/mol. The standard InChI is InChI=1S/C12H11ClF12O2/c1-3-27-6(26)4-5(2)7(14,15)8(16,17)9(18,19)10(20,21)11(22,23)12(13,24)25/h5H,3-4H2,1-2H3. The molecule has 2 nitrogen and oxygen atoms in total. The number of carbonyl (C=O) groups excluding carboxylic acids is 1. The van der Waals surface area contributed by atoms with Crippen LogP contribution in [0.15, 0.2) is 0 Å². The van der Waals surface area contributed by atoms with Gasteiger partial charge in [0, 0.05) is 5.92 Å². The normalized spacial score (nSPS) is 16.3. The van der Waals surface area contributed by atoms with E-state index >= 15 is 0 Å². The Morgan fingerprint density at radius 2 is 1.19 bits per heavy atom. The minimum absolute atomic E-state index is 0.0351. The maximum atomic E-state index is 13.7. The number of hydrogen-bond acceptors (Lipinski definition) is 2. The summed E-state index contributed by atoms with van der Waals surface area (Å²) in [6.45, 7) is 0.741. The lowest BCUT2D eigenvalue weighted by molar-refractivity contribution is -0.421. The maximum Gasteiger partial charge on any atom is 0.393 e. The number of alkyl halides is 13. The van der Waals surface area contributed by atoms with Crippen molar-refractivity contribution < 1.29 is 62.2 Å². The fourth-order valence-corrected chi connectivity index (χ4v) is 1.81. The van der Waals surface area contributed by atoms with Crippen LogP contribution in [0.25, 0.3) is 0 Å². The number of halogens is 13. The molecule has 0 heterocycles. The summed E-state index contributed by atoms with van der Waals surface area (Å²) in [7, 11) is 0. The van der Waals surface area contributed by atoms with Crippen molar-refractivity contribution in [3.63, 3.8) is 0 Å². The molecular formula is C12H11ClF12O2. The SMILES string of the molecule is CCOC(=O)CC(C)C(F)(F)C(F)(F)C(F)(F)C(F)(F)C(F)(F)C(F)(F)Cl. The van der Waals surface area contributed by atoms with Crippen LogP contribution < -0.4 is 0 Å². The molecule has 0 aromatic rings. The van der Waals surface area contributed by atoms with Gasteiger partial charge in [0.05, 0.1) is 13.0 Å². The Morgan fingerprint density at radius 1 is 0.815 bits per heavy atom. The van der Waals surface area contributed by atoms with Gasteiger partial charge < -0.3 is 4.74 Å². The molecule has 0 radical (unpaired) electrons. The highest BCUT2D eigenvalue weighted by molar-refractivity contribution is 6.22. The molecule has 0 saturated heterocycles. The lowest BCUT2D eigenvalue weighted by Crippen LogP contribution is -2.70. The molecule has 0 aromatic carbocycles. The second kappa shape index (κ2) is 7.39. The van der Waals surface area contributed by atoms with Gasteiger partial charge >= 0.3 is 41.0 Å². The summed E-state index contributed by atoms with van der Waals surface area (Å²) in [5.41, 5.74) is 0. The Hall–Kier alpha value is -1.08. The van der Waals surface area contributed by atoms with Crippen LogP contribution in [0.1, 0.15) is 20.3 Å². The van der Waals surface area contributed by atoms with E-state index in [9.17, 15) is 57.5 Å². The molecule has 0 spiro atoms. The number of esters is 1. The average molecular weight is 451 g/mol. The first-order valence-corrected chi connectivity index (χ1v) is 7.12. The molecule has 0 aromatic heterocycles. The summed E-state index contributed by atoms with van der Waals surface area (Å²) < 4.78 is 162. The molecule has 0 saturated carbocycles. The fourth-order valence-electron chi connectivity index (χ4n) is 1.69. The number of carbonyl (C=O) groups is 1. The number of rotatable bonds is 9. The highest BCUT2D eigenvalue weighted by Crippen LogP contribution is 2.61. The zero-order valence-electron chi connectivity index (χ0n) is 13.2. The van der Waals surface area contributed by atoms with Crippen LogP contribution in [0.5, 0.6) is 0 Å². The van der Waals surface area contributed by atoms with Gasteiger partial charge in [0.15, 0.2) is 0 Å². The third-order valence-electron chi connectivity index (χ3n) is 3.35. The number of hydrogen-bond donors (Lipinski definition) is 0. The van der Waals surface area contributed by atoms with Crippen LogP contribution in [0.3, 0.4) is 0 Å². The second-order valence-electron chi connectivity index (χ2n) is 5.33. The lowest BCUT2D eigenvalue weighted by Gasteiger charge is -2.41. The highest BCUT2D eigenvalue weighted by atomic mass is 35.5. The second-order valence-corrected chi connectivity index (χ2v) is 5.80. The van der Waals surface area contributed by atoms with Crippen molar-refractivity contribution in [2.24, 2.45) is 5.92 Å². The Kier molecular flexibility index (Phi) is 7.10. The molecule has 0 aliphatic carbocycles. The summed E-state index contributed by atoms with van der Waals surface area (Å²) in [6.07, 6.45) is -1.69. The molecule has 15 heteroatoms. The zero-order chi connectivity index (χ0) is 22.3. The van der Waals surface area contributed by atoms with Gasteiger partial charge in [-0.1, -0.05) is 6.92 Å². The molecule has 0 amide bonds. The van der Waals surface area contributed by atoms with Gasteiger partial charge in [0.25, 0.3) is 0 Å². The van der Waals surface area contributed by atoms with E-state index < -0.39 is 59.9 Å². The van der Waals surface area contributed by atoms with E-state index in [1.165, 1.54) is 0 Å². The van der Waals surface area contributed by atoms with E-state index in [2.05, 4.69) is 16.3 Å². The van der Waals surface area contributed by atoms with E-state index in [0.29, 0.717) is 0 Å². The summed E-state index contributed by atoms with van der Waals surface area (Å²) >= 11 is 3.56. The highest BCUT2D eigenvalue weighted by Gasteiger charge is 2.90. The molecule has 1 unspecified atom stereocenters. The summed E-state index contributed by atoms with van der Waals surface area (Å²) in [5, 5.41) is -6.48. The molecule has 0 rings (SSSR count). The summed E-state index contributed by atoms with van der Waals surface area (Å²) in [6, 6.07) is 0. The Labute approximate surface area is 148 Å². The van der Waals surface area contributed by atoms with E-state index in [-0.39, 0.29) is 6.92 Å². The smallest absolute Gasteiger partial charge is 0.393 e. The first kappa shape index (κ1) is 25.9. The number of ether oxygens (including phenoxy) is 1. The van der Waals surface area contributed by atoms with Crippen LogP contribution in [0.4, 0.5) is 52.7 Å². The third-order valence-corrected chi connectivity index (χ3v) is 3.59. The predicted molar refractivity (Wildman–Crippen MR) is 65.9 cm³/mol. The van der Waals surface area contributed by atoms with Crippen LogP contribution in [0, 0.1) is 5.92 Å². The van der Waals surface area contributed by atoms with Crippen LogP contribution in [0.2, 0.25) is 0 Å². The van der Waals surface area contributed by atoms with E-state index in [4.69, 9.17) is 0 Å². The van der Waals surface area contributed by atoms with Crippen molar-refractivity contribution in [2.45, 2.75) is 55.3 Å². The van der Waals surface area contributed by atoms with Crippen molar-refractivity contribution >= 4 is 17.6 Å². The first-order chi connectivity index (χ1) is 11.6. The molecule has 162 valence electrons. The summed E-state index contributed by atoms with van der Waals surface area (Å²) in [5.74, 6) is -41.0. The largest absolute Gasteiger partial charge is 0.466 e. The Bertz CT molecular complexity index is 543. The van der Waals surface area contributed by atoms with Crippen molar-refractivity contribution in [3.8, 4) is 0 Å². The van der Waals surface area contributed by atoms with Crippen LogP contribution >= 0.6 is 11.6 Å². The van der Waals surface area contributed by atoms with Crippen LogP contribution in [-0.4, -0.2) is 47.6 Å². The zero-order valence-corrected chi connectivity index (χ0v) is 14.0. The summed E-state index contributed by atoms with van der Waals surface area (Å²) in [4.78, 5) is 11.0. The minimum Gasteiger partial charge on any atom is -0.466 e. The molecule has 1 atom stereocenters. The average Bonchev–Trinajstić information content (AvgIpc) is 2.45. The van der Waals surface area contributed by atoms with Gasteiger partial charge in [0.1, 0.15) is 0 Å². The topological polar surface area (TPSA) is 26.3 Å².